The van der Waals surface area contributed by atoms with E-state index in [2.05, 4.69) is 53.9 Å². The first kappa shape index (κ1) is 43.1. The van der Waals surface area contributed by atoms with Gasteiger partial charge in [-0.05, 0) is 65.2 Å². The molecule has 0 saturated carbocycles. The molecule has 1 N–H and O–H groups in total. The maximum atomic E-state index is 12.5. The maximum absolute atomic E-state index is 12.5. The van der Waals surface area contributed by atoms with Crippen molar-refractivity contribution in [3.8, 4) is 0 Å². The quantitative estimate of drug-likeness (QED) is 0.0346. The lowest BCUT2D eigenvalue weighted by Crippen LogP contribution is -2.34. The molecule has 46 heavy (non-hydrogen) atoms. The third-order valence-corrected chi connectivity index (χ3v) is 6.93. The van der Waals surface area contributed by atoms with Gasteiger partial charge in [0, 0.05) is 26.5 Å². The van der Waals surface area contributed by atoms with Crippen LogP contribution in [0.3, 0.4) is 0 Å². The van der Waals surface area contributed by atoms with Crippen LogP contribution < -0.4 is 5.32 Å². The Morgan fingerprint density at radius 3 is 1.74 bits per heavy atom. The zero-order valence-corrected chi connectivity index (χ0v) is 29.0. The van der Waals surface area contributed by atoms with Crippen molar-refractivity contribution >= 4 is 18.0 Å². The van der Waals surface area contributed by atoms with Crippen molar-refractivity contribution in [3.63, 3.8) is 0 Å². The molecule has 0 saturated heterocycles. The zero-order valence-electron chi connectivity index (χ0n) is 29.0. The molecule has 1 atom stereocenters. The van der Waals surface area contributed by atoms with Crippen molar-refractivity contribution in [2.45, 2.75) is 123 Å². The van der Waals surface area contributed by atoms with Crippen LogP contribution in [0.2, 0.25) is 0 Å². The van der Waals surface area contributed by atoms with Crippen molar-refractivity contribution < 1.29 is 38.1 Å². The molecule has 264 valence electrons. The van der Waals surface area contributed by atoms with Crippen LogP contribution >= 0.6 is 0 Å². The number of ether oxygens (including phenoxy) is 5. The van der Waals surface area contributed by atoms with Crippen LogP contribution in [-0.4, -0.2) is 70.8 Å². The Kier molecular flexibility index (Phi) is 32.7. The van der Waals surface area contributed by atoms with Gasteiger partial charge in [-0.3, -0.25) is 9.59 Å². The summed E-state index contributed by atoms with van der Waals surface area (Å²) in [5, 5.41) is 2.58. The van der Waals surface area contributed by atoms with Crippen LogP contribution in [0.4, 0.5) is 4.79 Å². The smallest absolute Gasteiger partial charge is 0.407 e. The molecule has 0 aromatic heterocycles. The highest BCUT2D eigenvalue weighted by Crippen LogP contribution is 2.11. The first-order valence-electron chi connectivity index (χ1n) is 17.4. The predicted molar refractivity (Wildman–Crippen MR) is 185 cm³/mol. The molecule has 0 aromatic carbocycles. The SMILES string of the molecule is C/C=C\C/C=C\CCCCCCCC(=O)OCC(COC(=O)NCCOCCOC)OC(=O)CCCCCCC/C=C\C/C=C\C. The Bertz CT molecular complexity index is 852. The van der Waals surface area contributed by atoms with Gasteiger partial charge in [0.2, 0.25) is 0 Å². The van der Waals surface area contributed by atoms with Gasteiger partial charge in [-0.25, -0.2) is 4.79 Å². The number of carbonyl (C=O) groups excluding carboxylic acids is 3. The molecule has 1 amide bonds. The molecular weight excluding hydrogens is 586 g/mol. The highest BCUT2D eigenvalue weighted by Gasteiger charge is 2.19. The van der Waals surface area contributed by atoms with Gasteiger partial charge in [-0.2, -0.15) is 0 Å². The Morgan fingerprint density at radius 1 is 0.609 bits per heavy atom. The average molecular weight is 650 g/mol. The van der Waals surface area contributed by atoms with Crippen LogP contribution in [0.15, 0.2) is 48.6 Å². The summed E-state index contributed by atoms with van der Waals surface area (Å²) in [6.07, 6.45) is 30.4. The Balaban J connectivity index is 4.38. The molecule has 0 bridgehead atoms. The van der Waals surface area contributed by atoms with Crippen LogP contribution in [0.5, 0.6) is 0 Å². The molecular formula is C37H63NO8. The van der Waals surface area contributed by atoms with E-state index in [1.807, 2.05) is 13.8 Å². The van der Waals surface area contributed by atoms with E-state index >= 15 is 0 Å². The minimum atomic E-state index is -0.865. The third-order valence-electron chi connectivity index (χ3n) is 6.93. The summed E-state index contributed by atoms with van der Waals surface area (Å²) in [5.74, 6) is -0.734. The number of unbranched alkanes of at least 4 members (excludes halogenated alkanes) is 10. The molecule has 0 rings (SSSR count). The average Bonchev–Trinajstić information content (AvgIpc) is 3.05. The monoisotopic (exact) mass is 649 g/mol. The molecule has 9 heteroatoms. The normalized spacial score (nSPS) is 12.4. The number of amides is 1. The molecule has 0 aromatic rings. The van der Waals surface area contributed by atoms with E-state index in [4.69, 9.17) is 23.7 Å². The highest BCUT2D eigenvalue weighted by atomic mass is 16.6. The number of esters is 2. The Morgan fingerprint density at radius 2 is 1.15 bits per heavy atom. The maximum Gasteiger partial charge on any atom is 0.407 e. The van der Waals surface area contributed by atoms with Crippen molar-refractivity contribution in [2.24, 2.45) is 0 Å². The van der Waals surface area contributed by atoms with E-state index < -0.39 is 12.2 Å². The lowest BCUT2D eigenvalue weighted by atomic mass is 10.1. The summed E-state index contributed by atoms with van der Waals surface area (Å²) in [5.41, 5.74) is 0. The topological polar surface area (TPSA) is 109 Å². The van der Waals surface area contributed by atoms with E-state index in [1.165, 1.54) is 0 Å². The van der Waals surface area contributed by atoms with E-state index in [1.54, 1.807) is 7.11 Å². The molecule has 9 nitrogen and oxygen atoms in total. The lowest BCUT2D eigenvalue weighted by Gasteiger charge is -2.18. The summed E-state index contributed by atoms with van der Waals surface area (Å²) in [4.78, 5) is 37.0. The molecule has 0 aliphatic rings. The van der Waals surface area contributed by atoms with Gasteiger partial charge in [0.05, 0.1) is 19.8 Å². The van der Waals surface area contributed by atoms with Crippen LogP contribution in [0.25, 0.3) is 0 Å². The summed E-state index contributed by atoms with van der Waals surface area (Å²) in [7, 11) is 1.59. The van der Waals surface area contributed by atoms with Gasteiger partial charge >= 0.3 is 18.0 Å². The first-order valence-corrected chi connectivity index (χ1v) is 17.4. The standard InChI is InChI=1S/C37H63NO8/c1-4-6-8-10-12-14-16-18-20-22-24-26-35(39)44-32-34(33-45-37(41)38-28-29-43-31-30-42-3)46-36(40)27-25-23-21-19-17-15-13-11-9-7-5-2/h4-7,10-13,34H,8-9,14-33H2,1-3H3,(H,38,41)/b6-4-,7-5-,12-10-,13-11-. The van der Waals surface area contributed by atoms with Gasteiger partial charge in [-0.1, -0.05) is 87.1 Å². The van der Waals surface area contributed by atoms with Gasteiger partial charge in [0.1, 0.15) is 13.2 Å². The number of hydrogen-bond donors (Lipinski definition) is 1. The summed E-state index contributed by atoms with van der Waals surface area (Å²) < 4.78 is 26.4. The minimum Gasteiger partial charge on any atom is -0.462 e. The van der Waals surface area contributed by atoms with Gasteiger partial charge in [0.25, 0.3) is 0 Å². The van der Waals surface area contributed by atoms with Crippen molar-refractivity contribution in [1.82, 2.24) is 5.32 Å². The Labute approximate surface area is 279 Å². The third kappa shape index (κ3) is 32.5. The largest absolute Gasteiger partial charge is 0.462 e. The van der Waals surface area contributed by atoms with E-state index in [9.17, 15) is 14.4 Å². The lowest BCUT2D eigenvalue weighted by molar-refractivity contribution is -0.161. The van der Waals surface area contributed by atoms with Crippen LogP contribution in [0.1, 0.15) is 117 Å². The predicted octanol–water partition coefficient (Wildman–Crippen LogP) is 8.34. The number of rotatable bonds is 31. The second-order valence-electron chi connectivity index (χ2n) is 11.1. The molecule has 0 heterocycles. The van der Waals surface area contributed by atoms with E-state index in [-0.39, 0.29) is 38.1 Å². The van der Waals surface area contributed by atoms with Crippen molar-refractivity contribution in [1.29, 1.82) is 0 Å². The summed E-state index contributed by atoms with van der Waals surface area (Å²) >= 11 is 0. The summed E-state index contributed by atoms with van der Waals surface area (Å²) in [6, 6.07) is 0. The van der Waals surface area contributed by atoms with Gasteiger partial charge in [0.15, 0.2) is 6.10 Å². The number of methoxy groups -OCH3 is 1. The number of allylic oxidation sites excluding steroid dienone is 8. The molecule has 0 aliphatic carbocycles. The second kappa shape index (κ2) is 35.0. The number of nitrogens with one attached hydrogen (secondary N) is 1. The fraction of sp³-hybridized carbons (Fsp3) is 0.703. The van der Waals surface area contributed by atoms with Crippen molar-refractivity contribution in [3.05, 3.63) is 48.6 Å². The van der Waals surface area contributed by atoms with Gasteiger partial charge in [-0.15, -0.1) is 0 Å². The molecule has 0 aliphatic heterocycles. The second-order valence-corrected chi connectivity index (χ2v) is 11.1. The van der Waals surface area contributed by atoms with E-state index in [0.29, 0.717) is 26.2 Å². The molecule has 0 spiro atoms. The van der Waals surface area contributed by atoms with E-state index in [0.717, 1.165) is 89.9 Å². The fourth-order valence-electron chi connectivity index (χ4n) is 4.29. The number of hydrogen-bond acceptors (Lipinski definition) is 8. The highest BCUT2D eigenvalue weighted by molar-refractivity contribution is 5.70. The van der Waals surface area contributed by atoms with Gasteiger partial charge < -0.3 is 29.0 Å². The number of carbonyl (C=O) groups is 3. The fourth-order valence-corrected chi connectivity index (χ4v) is 4.29. The number of alkyl carbamates (subject to hydrolysis) is 1. The van der Waals surface area contributed by atoms with Crippen LogP contribution in [-0.2, 0) is 33.3 Å². The molecule has 0 fully saturated rings. The first-order chi connectivity index (χ1) is 22.5. The summed E-state index contributed by atoms with van der Waals surface area (Å²) in [6.45, 7) is 5.17. The Hall–Kier alpha value is -2.91. The zero-order chi connectivity index (χ0) is 33.8. The molecule has 0 radical (unpaired) electrons. The molecule has 1 unspecified atom stereocenters. The van der Waals surface area contributed by atoms with Crippen molar-refractivity contribution in [2.75, 3.05) is 46.7 Å². The van der Waals surface area contributed by atoms with Crippen LogP contribution in [0, 0.1) is 0 Å². The minimum absolute atomic E-state index is 0.154.